The van der Waals surface area contributed by atoms with Crippen molar-refractivity contribution in [1.29, 1.82) is 0 Å². The summed E-state index contributed by atoms with van der Waals surface area (Å²) in [5, 5.41) is 0. The van der Waals surface area contributed by atoms with E-state index in [1.807, 2.05) is 52.0 Å². The lowest BCUT2D eigenvalue weighted by Crippen LogP contribution is -2.53. The molecule has 2 heterocycles. The van der Waals surface area contributed by atoms with Crippen molar-refractivity contribution in [3.8, 4) is 0 Å². The zero-order valence-electron chi connectivity index (χ0n) is 21.3. The molecule has 0 aromatic heterocycles. The number of ether oxygens (including phenoxy) is 1. The van der Waals surface area contributed by atoms with Gasteiger partial charge in [-0.25, -0.2) is 9.69 Å². The number of benzene rings is 2. The first-order chi connectivity index (χ1) is 16.3. The fourth-order valence-corrected chi connectivity index (χ4v) is 5.32. The Kier molecular flexibility index (Phi) is 5.86. The van der Waals surface area contributed by atoms with E-state index in [1.54, 1.807) is 39.0 Å². The Balaban J connectivity index is 1.87. The molecule has 1 fully saturated rings. The van der Waals surface area contributed by atoms with Crippen LogP contribution in [0.2, 0.25) is 0 Å². The second-order valence-corrected chi connectivity index (χ2v) is 10.8. The normalized spacial score (nSPS) is 22.3. The highest BCUT2D eigenvalue weighted by atomic mass is 16.6. The zero-order chi connectivity index (χ0) is 25.9. The van der Waals surface area contributed by atoms with Crippen LogP contribution < -0.4 is 9.80 Å². The molecular weight excluding hydrogens is 444 g/mol. The van der Waals surface area contributed by atoms with Gasteiger partial charge in [0.2, 0.25) is 17.7 Å². The van der Waals surface area contributed by atoms with Crippen molar-refractivity contribution in [1.82, 2.24) is 0 Å². The van der Waals surface area contributed by atoms with Crippen LogP contribution in [0.25, 0.3) is 0 Å². The molecule has 2 aromatic rings. The summed E-state index contributed by atoms with van der Waals surface area (Å²) in [6.45, 7) is 12.7. The summed E-state index contributed by atoms with van der Waals surface area (Å²) >= 11 is 0. The van der Waals surface area contributed by atoms with E-state index >= 15 is 0 Å². The van der Waals surface area contributed by atoms with E-state index in [2.05, 4.69) is 0 Å². The molecule has 0 spiro atoms. The van der Waals surface area contributed by atoms with Gasteiger partial charge in [0.15, 0.2) is 0 Å². The minimum absolute atomic E-state index is 0.119. The van der Waals surface area contributed by atoms with E-state index in [4.69, 9.17) is 4.74 Å². The molecule has 2 atom stereocenters. The number of amides is 4. The Morgan fingerprint density at radius 3 is 2.17 bits per heavy atom. The monoisotopic (exact) mass is 476 g/mol. The van der Waals surface area contributed by atoms with Gasteiger partial charge in [0, 0.05) is 6.42 Å². The number of carbonyl (C=O) groups is 4. The molecule has 4 rings (SSSR count). The summed E-state index contributed by atoms with van der Waals surface area (Å²) in [5.74, 6) is -2.64. The number of aryl methyl sites for hydroxylation is 2. The van der Waals surface area contributed by atoms with Crippen molar-refractivity contribution in [2.45, 2.75) is 65.9 Å². The van der Waals surface area contributed by atoms with Gasteiger partial charge >= 0.3 is 6.09 Å². The van der Waals surface area contributed by atoms with Gasteiger partial charge in [-0.2, -0.15) is 0 Å². The van der Waals surface area contributed by atoms with Crippen LogP contribution in [-0.2, 0) is 24.5 Å². The lowest BCUT2D eigenvalue weighted by molar-refractivity contribution is -0.133. The quantitative estimate of drug-likeness (QED) is 0.578. The fourth-order valence-electron chi connectivity index (χ4n) is 5.32. The van der Waals surface area contributed by atoms with Crippen molar-refractivity contribution >= 4 is 35.2 Å². The number of hydrogen-bond acceptors (Lipinski definition) is 5. The molecule has 35 heavy (non-hydrogen) atoms. The maximum Gasteiger partial charge on any atom is 0.421 e. The zero-order valence-corrected chi connectivity index (χ0v) is 21.3. The van der Waals surface area contributed by atoms with Crippen LogP contribution in [0, 0.1) is 25.7 Å². The first-order valence-electron chi connectivity index (χ1n) is 11.9. The number of carbonyl (C=O) groups excluding carboxylic acids is 4. The molecule has 0 saturated carbocycles. The molecule has 0 bridgehead atoms. The summed E-state index contributed by atoms with van der Waals surface area (Å²) in [4.78, 5) is 56.7. The highest BCUT2D eigenvalue weighted by molar-refractivity contribution is 6.27. The number of imide groups is 2. The Morgan fingerprint density at radius 2 is 1.60 bits per heavy atom. The smallest absolute Gasteiger partial charge is 0.421 e. The van der Waals surface area contributed by atoms with Gasteiger partial charge in [-0.3, -0.25) is 19.3 Å². The molecule has 2 aromatic carbocycles. The van der Waals surface area contributed by atoms with Crippen molar-refractivity contribution in [2.24, 2.45) is 11.8 Å². The second-order valence-electron chi connectivity index (χ2n) is 10.8. The molecule has 0 radical (unpaired) electrons. The number of nitrogens with zero attached hydrogens (tertiary/aromatic N) is 2. The minimum atomic E-state index is -1.38. The van der Waals surface area contributed by atoms with E-state index in [-0.39, 0.29) is 18.2 Å². The van der Waals surface area contributed by atoms with E-state index in [9.17, 15) is 19.2 Å². The first kappa shape index (κ1) is 24.6. The fraction of sp³-hybridized carbons (Fsp3) is 0.429. The molecule has 7 heteroatoms. The maximum atomic E-state index is 14.2. The third kappa shape index (κ3) is 3.83. The molecule has 2 aliphatic heterocycles. The molecular formula is C28H32N2O5. The highest BCUT2D eigenvalue weighted by Gasteiger charge is 2.64. The first-order valence-corrected chi connectivity index (χ1v) is 11.9. The van der Waals surface area contributed by atoms with Gasteiger partial charge in [-0.1, -0.05) is 49.2 Å². The van der Waals surface area contributed by atoms with Gasteiger partial charge in [0.25, 0.3) is 0 Å². The Bertz CT molecular complexity index is 1220. The topological polar surface area (TPSA) is 84.0 Å². The van der Waals surface area contributed by atoms with Gasteiger partial charge < -0.3 is 4.74 Å². The van der Waals surface area contributed by atoms with Gasteiger partial charge in [0.05, 0.1) is 22.7 Å². The predicted octanol–water partition coefficient (Wildman–Crippen LogP) is 5.06. The van der Waals surface area contributed by atoms with Gasteiger partial charge in [-0.15, -0.1) is 0 Å². The second kappa shape index (κ2) is 8.33. The van der Waals surface area contributed by atoms with Crippen LogP contribution in [0.3, 0.4) is 0 Å². The van der Waals surface area contributed by atoms with Crippen LogP contribution in [0.5, 0.6) is 0 Å². The lowest BCUT2D eigenvalue weighted by atomic mass is 9.63. The summed E-state index contributed by atoms with van der Waals surface area (Å²) in [5.41, 5.74) is 1.16. The molecule has 2 aliphatic rings. The maximum absolute atomic E-state index is 14.2. The molecule has 1 unspecified atom stereocenters. The number of rotatable bonds is 3. The molecule has 7 nitrogen and oxygen atoms in total. The van der Waals surface area contributed by atoms with Crippen molar-refractivity contribution in [2.75, 3.05) is 9.80 Å². The van der Waals surface area contributed by atoms with Gasteiger partial charge in [-0.05, 0) is 64.3 Å². The van der Waals surface area contributed by atoms with Crippen LogP contribution >= 0.6 is 0 Å². The average molecular weight is 477 g/mol. The SMILES string of the molecule is Cc1ccc(N2C(=O)C[C@@H](C3(C(C)C)C(=O)N(C(=O)OC(C)(C)C)c4ccc(C)cc43)C2=O)cc1. The summed E-state index contributed by atoms with van der Waals surface area (Å²) < 4.78 is 5.57. The van der Waals surface area contributed by atoms with E-state index in [0.717, 1.165) is 16.0 Å². The van der Waals surface area contributed by atoms with E-state index in [0.29, 0.717) is 16.9 Å². The van der Waals surface area contributed by atoms with E-state index < -0.39 is 34.8 Å². The van der Waals surface area contributed by atoms with Crippen LogP contribution in [0.15, 0.2) is 42.5 Å². The highest BCUT2D eigenvalue weighted by Crippen LogP contribution is 2.54. The number of fused-ring (bicyclic) bond motifs is 1. The third-order valence-corrected chi connectivity index (χ3v) is 6.87. The molecule has 184 valence electrons. The van der Waals surface area contributed by atoms with Crippen molar-refractivity contribution in [3.63, 3.8) is 0 Å². The van der Waals surface area contributed by atoms with Crippen LogP contribution in [0.1, 0.15) is 57.7 Å². The predicted molar refractivity (Wildman–Crippen MR) is 133 cm³/mol. The molecule has 0 N–H and O–H groups in total. The molecule has 4 amide bonds. The Morgan fingerprint density at radius 1 is 1.00 bits per heavy atom. The van der Waals surface area contributed by atoms with Gasteiger partial charge in [0.1, 0.15) is 5.60 Å². The summed E-state index contributed by atoms with van der Waals surface area (Å²) in [6, 6.07) is 12.5. The largest absolute Gasteiger partial charge is 0.443 e. The molecule has 0 aliphatic carbocycles. The standard InChI is InChI=1S/C28H32N2O5/c1-16(2)28(21-15-23(31)29(24(21)32)19-11-8-17(3)9-12-19)20-14-18(4)10-13-22(20)30(25(28)33)26(34)35-27(5,6)7/h8-14,16,21H,15H2,1-7H3/t21-,28?/m1/s1. The van der Waals surface area contributed by atoms with Crippen LogP contribution in [0.4, 0.5) is 16.2 Å². The van der Waals surface area contributed by atoms with Crippen LogP contribution in [-0.4, -0.2) is 29.4 Å². The minimum Gasteiger partial charge on any atom is -0.443 e. The Labute approximate surface area is 206 Å². The number of hydrogen-bond donors (Lipinski definition) is 0. The summed E-state index contributed by atoms with van der Waals surface area (Å²) in [6.07, 6.45) is -0.908. The third-order valence-electron chi connectivity index (χ3n) is 6.87. The van der Waals surface area contributed by atoms with Crippen molar-refractivity contribution in [3.05, 3.63) is 59.2 Å². The average Bonchev–Trinajstić information content (AvgIpc) is 3.17. The van der Waals surface area contributed by atoms with Crippen molar-refractivity contribution < 1.29 is 23.9 Å². The number of anilines is 2. The molecule has 1 saturated heterocycles. The summed E-state index contributed by atoms with van der Waals surface area (Å²) in [7, 11) is 0. The lowest BCUT2D eigenvalue weighted by Gasteiger charge is -2.36. The van der Waals surface area contributed by atoms with E-state index in [1.165, 1.54) is 4.90 Å². The Hall–Kier alpha value is -3.48.